The Bertz CT molecular complexity index is 713. The first-order valence-electron chi connectivity index (χ1n) is 5.31. The van der Waals surface area contributed by atoms with E-state index in [0.717, 1.165) is 6.07 Å². The van der Waals surface area contributed by atoms with Crippen molar-refractivity contribution < 1.29 is 23.5 Å². The zero-order valence-electron chi connectivity index (χ0n) is 10.3. The van der Waals surface area contributed by atoms with E-state index in [1.165, 1.54) is 32.4 Å². The molecule has 0 N–H and O–H groups in total. The summed E-state index contributed by atoms with van der Waals surface area (Å²) in [5, 5.41) is 0.190. The Morgan fingerprint density at radius 1 is 1.05 bits per heavy atom. The van der Waals surface area contributed by atoms with Gasteiger partial charge in [0.05, 0.1) is 25.2 Å². The van der Waals surface area contributed by atoms with E-state index in [1.54, 1.807) is 0 Å². The summed E-state index contributed by atoms with van der Waals surface area (Å²) in [5.74, 6) is -1.49. The predicted octanol–water partition coefficient (Wildman–Crippen LogP) is 1.37. The predicted molar refractivity (Wildman–Crippen MR) is 65.2 cm³/mol. The van der Waals surface area contributed by atoms with Crippen LogP contribution in [0.25, 0.3) is 11.0 Å². The molecule has 0 spiro atoms. The molecule has 0 aliphatic rings. The van der Waals surface area contributed by atoms with Crippen LogP contribution in [-0.4, -0.2) is 26.2 Å². The zero-order valence-corrected chi connectivity index (χ0v) is 10.3. The highest BCUT2D eigenvalue weighted by molar-refractivity contribution is 5.95. The van der Waals surface area contributed by atoms with Crippen molar-refractivity contribution in [1.82, 2.24) is 0 Å². The van der Waals surface area contributed by atoms with Crippen LogP contribution in [0.3, 0.4) is 0 Å². The molecular formula is C13H10O6. The van der Waals surface area contributed by atoms with Crippen molar-refractivity contribution >= 4 is 22.9 Å². The van der Waals surface area contributed by atoms with Crippen LogP contribution in [0.15, 0.2) is 33.5 Å². The van der Waals surface area contributed by atoms with Crippen molar-refractivity contribution in [2.45, 2.75) is 0 Å². The standard InChI is InChI=1S/C13H10O6/c1-17-12(15)7-3-4-10-8(5-7)9(14)6-11(19-10)13(16)18-2/h3-6H,1-2H3. The van der Waals surface area contributed by atoms with Gasteiger partial charge in [-0.2, -0.15) is 0 Å². The summed E-state index contributed by atoms with van der Waals surface area (Å²) >= 11 is 0. The Labute approximate surface area is 107 Å². The maximum Gasteiger partial charge on any atom is 0.374 e. The third-order valence-electron chi connectivity index (χ3n) is 2.53. The number of esters is 2. The van der Waals surface area contributed by atoms with Gasteiger partial charge in [-0.15, -0.1) is 0 Å². The maximum atomic E-state index is 11.9. The summed E-state index contributed by atoms with van der Waals surface area (Å²) < 4.78 is 14.3. The first-order valence-corrected chi connectivity index (χ1v) is 5.31. The van der Waals surface area contributed by atoms with Crippen molar-refractivity contribution in [3.8, 4) is 0 Å². The maximum absolute atomic E-state index is 11.9. The summed E-state index contributed by atoms with van der Waals surface area (Å²) in [4.78, 5) is 34.5. The van der Waals surface area contributed by atoms with E-state index in [9.17, 15) is 14.4 Å². The first-order chi connectivity index (χ1) is 9.06. The Balaban J connectivity index is 2.63. The second-order valence-corrected chi connectivity index (χ2v) is 3.67. The van der Waals surface area contributed by atoms with Gasteiger partial charge in [0.2, 0.25) is 5.76 Å². The van der Waals surface area contributed by atoms with Gasteiger partial charge in [-0.05, 0) is 18.2 Å². The van der Waals surface area contributed by atoms with Crippen LogP contribution in [0.5, 0.6) is 0 Å². The van der Waals surface area contributed by atoms with Crippen molar-refractivity contribution in [1.29, 1.82) is 0 Å². The monoisotopic (exact) mass is 262 g/mol. The fourth-order valence-corrected chi connectivity index (χ4v) is 1.60. The van der Waals surface area contributed by atoms with Crippen molar-refractivity contribution in [3.05, 3.63) is 45.8 Å². The molecule has 0 unspecified atom stereocenters. The lowest BCUT2D eigenvalue weighted by Gasteiger charge is -2.03. The number of methoxy groups -OCH3 is 2. The molecule has 0 saturated heterocycles. The number of hydrogen-bond donors (Lipinski definition) is 0. The first kappa shape index (κ1) is 12.8. The SMILES string of the molecule is COC(=O)c1ccc2oc(C(=O)OC)cc(=O)c2c1. The Morgan fingerprint density at radius 3 is 2.37 bits per heavy atom. The summed E-state index contributed by atoms with van der Waals surface area (Å²) in [7, 11) is 2.43. The summed E-state index contributed by atoms with van der Waals surface area (Å²) in [5.41, 5.74) is -0.0129. The van der Waals surface area contributed by atoms with E-state index in [2.05, 4.69) is 9.47 Å². The normalized spacial score (nSPS) is 10.2. The number of rotatable bonds is 2. The van der Waals surface area contributed by atoms with E-state index in [0.29, 0.717) is 0 Å². The molecule has 19 heavy (non-hydrogen) atoms. The molecule has 1 aromatic heterocycles. The highest BCUT2D eigenvalue weighted by atomic mass is 16.5. The highest BCUT2D eigenvalue weighted by Crippen LogP contribution is 2.15. The topological polar surface area (TPSA) is 82.8 Å². The van der Waals surface area contributed by atoms with Crippen molar-refractivity contribution in [2.24, 2.45) is 0 Å². The third-order valence-corrected chi connectivity index (χ3v) is 2.53. The molecule has 6 heteroatoms. The fourth-order valence-electron chi connectivity index (χ4n) is 1.60. The lowest BCUT2D eigenvalue weighted by Crippen LogP contribution is -2.09. The molecule has 0 amide bonds. The van der Waals surface area contributed by atoms with Gasteiger partial charge in [-0.3, -0.25) is 4.79 Å². The molecule has 98 valence electrons. The van der Waals surface area contributed by atoms with Gasteiger partial charge in [-0.1, -0.05) is 0 Å². The summed E-state index contributed by atoms with van der Waals surface area (Å²) in [6.45, 7) is 0. The molecule has 1 aromatic carbocycles. The molecule has 6 nitrogen and oxygen atoms in total. The van der Waals surface area contributed by atoms with Crippen LogP contribution < -0.4 is 5.43 Å². The molecule has 1 heterocycles. The van der Waals surface area contributed by atoms with Crippen LogP contribution in [0.1, 0.15) is 20.9 Å². The van der Waals surface area contributed by atoms with Crippen molar-refractivity contribution in [2.75, 3.05) is 14.2 Å². The smallest absolute Gasteiger partial charge is 0.374 e. The van der Waals surface area contributed by atoms with E-state index in [1.807, 2.05) is 0 Å². The average Bonchev–Trinajstić information content (AvgIpc) is 2.45. The van der Waals surface area contributed by atoms with E-state index < -0.39 is 17.4 Å². The molecule has 2 aromatic rings. The van der Waals surface area contributed by atoms with Gasteiger partial charge in [0, 0.05) is 6.07 Å². The molecule has 0 aliphatic carbocycles. The lowest BCUT2D eigenvalue weighted by atomic mass is 10.1. The van der Waals surface area contributed by atoms with Crippen LogP contribution in [0.4, 0.5) is 0 Å². The number of fused-ring (bicyclic) bond motifs is 1. The minimum Gasteiger partial charge on any atom is -0.465 e. The highest BCUT2D eigenvalue weighted by Gasteiger charge is 2.14. The quantitative estimate of drug-likeness (QED) is 0.760. The Morgan fingerprint density at radius 2 is 1.74 bits per heavy atom. The molecule has 0 atom stereocenters. The lowest BCUT2D eigenvalue weighted by molar-refractivity contribution is 0.0563. The van der Waals surface area contributed by atoms with Crippen LogP contribution in [0, 0.1) is 0 Å². The molecular weight excluding hydrogens is 252 g/mol. The molecule has 0 radical (unpaired) electrons. The number of benzene rings is 1. The Kier molecular flexibility index (Phi) is 3.33. The average molecular weight is 262 g/mol. The van der Waals surface area contributed by atoms with Gasteiger partial charge in [-0.25, -0.2) is 9.59 Å². The van der Waals surface area contributed by atoms with Gasteiger partial charge < -0.3 is 13.9 Å². The van der Waals surface area contributed by atoms with Gasteiger partial charge in [0.15, 0.2) is 5.43 Å². The molecule has 0 saturated carbocycles. The van der Waals surface area contributed by atoms with Crippen LogP contribution >= 0.6 is 0 Å². The Hall–Kier alpha value is -2.63. The minimum atomic E-state index is -0.740. The molecule has 0 bridgehead atoms. The van der Waals surface area contributed by atoms with E-state index >= 15 is 0 Å². The van der Waals surface area contributed by atoms with Crippen LogP contribution in [-0.2, 0) is 9.47 Å². The number of ether oxygens (including phenoxy) is 2. The van der Waals surface area contributed by atoms with E-state index in [4.69, 9.17) is 4.42 Å². The largest absolute Gasteiger partial charge is 0.465 e. The fraction of sp³-hybridized carbons (Fsp3) is 0.154. The third kappa shape index (κ3) is 2.33. The van der Waals surface area contributed by atoms with Gasteiger partial charge in [0.25, 0.3) is 0 Å². The second kappa shape index (κ2) is 4.93. The molecule has 2 rings (SSSR count). The molecule has 0 aliphatic heterocycles. The summed E-state index contributed by atoms with van der Waals surface area (Å²) in [6.07, 6.45) is 0. The minimum absolute atomic E-state index is 0.189. The number of hydrogen-bond acceptors (Lipinski definition) is 6. The van der Waals surface area contributed by atoms with E-state index in [-0.39, 0.29) is 22.3 Å². The van der Waals surface area contributed by atoms with Crippen LogP contribution in [0.2, 0.25) is 0 Å². The van der Waals surface area contributed by atoms with Crippen molar-refractivity contribution in [3.63, 3.8) is 0 Å². The zero-order chi connectivity index (χ0) is 14.0. The number of carbonyl (C=O) groups excluding carboxylic acids is 2. The van der Waals surface area contributed by atoms with Gasteiger partial charge >= 0.3 is 11.9 Å². The second-order valence-electron chi connectivity index (χ2n) is 3.67. The number of carbonyl (C=O) groups is 2. The molecule has 0 fully saturated rings. The van der Waals surface area contributed by atoms with Gasteiger partial charge in [0.1, 0.15) is 5.58 Å². The summed E-state index contributed by atoms with van der Waals surface area (Å²) in [6, 6.07) is 5.25.